The van der Waals surface area contributed by atoms with Gasteiger partial charge in [0, 0.05) is 22.2 Å². The molecule has 1 atom stereocenters. The Kier molecular flexibility index (Phi) is 2.69. The SMILES string of the molecule is NC1C(=O)Nc2cc(Sc3n[nH]c(=O)n3C3CC3)ccc21. The Labute approximate surface area is 123 Å². The lowest BCUT2D eigenvalue weighted by Gasteiger charge is -2.06. The topological polar surface area (TPSA) is 106 Å². The summed E-state index contributed by atoms with van der Waals surface area (Å²) in [6.07, 6.45) is 2.03. The van der Waals surface area contributed by atoms with E-state index in [-0.39, 0.29) is 17.6 Å². The van der Waals surface area contributed by atoms with Gasteiger partial charge in [-0.15, -0.1) is 5.10 Å². The smallest absolute Gasteiger partial charge is 0.324 e. The molecule has 1 aromatic carbocycles. The molecule has 1 aromatic heterocycles. The first-order valence-corrected chi connectivity index (χ1v) is 7.50. The molecule has 1 aliphatic heterocycles. The van der Waals surface area contributed by atoms with Crippen LogP contribution < -0.4 is 16.7 Å². The minimum absolute atomic E-state index is 0.170. The fourth-order valence-electron chi connectivity index (χ4n) is 2.45. The lowest BCUT2D eigenvalue weighted by atomic mass is 10.1. The highest BCUT2D eigenvalue weighted by molar-refractivity contribution is 7.99. The maximum Gasteiger partial charge on any atom is 0.344 e. The number of rotatable bonds is 3. The molecule has 108 valence electrons. The molecule has 1 saturated carbocycles. The minimum atomic E-state index is -0.603. The molecular formula is C13H13N5O2S. The molecule has 2 aliphatic rings. The normalized spacial score (nSPS) is 20.4. The molecule has 1 fully saturated rings. The minimum Gasteiger partial charge on any atom is -0.324 e. The van der Waals surface area contributed by atoms with Gasteiger partial charge in [-0.2, -0.15) is 0 Å². The third kappa shape index (κ3) is 2.07. The van der Waals surface area contributed by atoms with E-state index >= 15 is 0 Å². The van der Waals surface area contributed by atoms with Crippen LogP contribution in [0.15, 0.2) is 33.0 Å². The average Bonchev–Trinajstić information content (AvgIpc) is 3.17. The van der Waals surface area contributed by atoms with Gasteiger partial charge in [0.05, 0.1) is 0 Å². The largest absolute Gasteiger partial charge is 0.344 e. The van der Waals surface area contributed by atoms with Crippen LogP contribution in [0, 0.1) is 0 Å². The molecule has 0 bridgehead atoms. The molecule has 0 spiro atoms. The van der Waals surface area contributed by atoms with Gasteiger partial charge < -0.3 is 11.1 Å². The van der Waals surface area contributed by atoms with Gasteiger partial charge in [-0.25, -0.2) is 9.89 Å². The number of carbonyl (C=O) groups excluding carboxylic acids is 1. The van der Waals surface area contributed by atoms with Crippen LogP contribution in [0.3, 0.4) is 0 Å². The zero-order valence-electron chi connectivity index (χ0n) is 11.0. The van der Waals surface area contributed by atoms with Crippen molar-refractivity contribution in [2.24, 2.45) is 5.73 Å². The van der Waals surface area contributed by atoms with Crippen molar-refractivity contribution in [3.8, 4) is 0 Å². The quantitative estimate of drug-likeness (QED) is 0.784. The van der Waals surface area contributed by atoms with E-state index in [0.717, 1.165) is 29.0 Å². The first-order valence-electron chi connectivity index (χ1n) is 6.68. The lowest BCUT2D eigenvalue weighted by Crippen LogP contribution is -2.19. The molecule has 1 unspecified atom stereocenters. The molecule has 0 saturated heterocycles. The number of hydrogen-bond donors (Lipinski definition) is 3. The van der Waals surface area contributed by atoms with Crippen LogP contribution in [0.5, 0.6) is 0 Å². The second kappa shape index (κ2) is 4.47. The third-order valence-electron chi connectivity index (χ3n) is 3.69. The molecule has 2 aromatic rings. The van der Waals surface area contributed by atoms with Crippen molar-refractivity contribution in [3.63, 3.8) is 0 Å². The Bertz CT molecular complexity index is 792. The Morgan fingerprint density at radius 2 is 2.14 bits per heavy atom. The van der Waals surface area contributed by atoms with Gasteiger partial charge in [0.15, 0.2) is 5.16 Å². The number of H-pyrrole nitrogens is 1. The van der Waals surface area contributed by atoms with Crippen molar-refractivity contribution in [2.75, 3.05) is 5.32 Å². The molecule has 0 radical (unpaired) electrons. The number of aromatic nitrogens is 3. The predicted octanol–water partition coefficient (Wildman–Crippen LogP) is 1.01. The maximum absolute atomic E-state index is 11.7. The highest BCUT2D eigenvalue weighted by Crippen LogP contribution is 2.39. The average molecular weight is 303 g/mol. The summed E-state index contributed by atoms with van der Waals surface area (Å²) in [5.41, 5.74) is 7.14. The number of fused-ring (bicyclic) bond motifs is 1. The summed E-state index contributed by atoms with van der Waals surface area (Å²) < 4.78 is 1.70. The number of nitrogens with two attached hydrogens (primary N) is 1. The standard InChI is InChI=1S/C13H13N5O2S/c14-10-8-4-3-7(5-9(8)15-11(10)19)21-13-17-16-12(20)18(13)6-1-2-6/h3-6,10H,1-2,14H2,(H,15,19)(H,16,20). The summed E-state index contributed by atoms with van der Waals surface area (Å²) in [5.74, 6) is -0.193. The van der Waals surface area contributed by atoms with E-state index in [0.29, 0.717) is 5.16 Å². The highest BCUT2D eigenvalue weighted by atomic mass is 32.2. The van der Waals surface area contributed by atoms with Gasteiger partial charge in [0.2, 0.25) is 5.91 Å². The van der Waals surface area contributed by atoms with Crippen LogP contribution in [0.4, 0.5) is 5.69 Å². The van der Waals surface area contributed by atoms with E-state index in [4.69, 9.17) is 5.73 Å². The van der Waals surface area contributed by atoms with E-state index in [1.807, 2.05) is 18.2 Å². The van der Waals surface area contributed by atoms with Gasteiger partial charge >= 0.3 is 5.69 Å². The third-order valence-corrected chi connectivity index (χ3v) is 4.65. The molecule has 4 N–H and O–H groups in total. The maximum atomic E-state index is 11.7. The molecule has 21 heavy (non-hydrogen) atoms. The van der Waals surface area contributed by atoms with Crippen molar-refractivity contribution in [2.45, 2.75) is 35.0 Å². The number of carbonyl (C=O) groups is 1. The summed E-state index contributed by atoms with van der Waals surface area (Å²) in [6.45, 7) is 0. The van der Waals surface area contributed by atoms with Crippen molar-refractivity contribution in [3.05, 3.63) is 34.2 Å². The van der Waals surface area contributed by atoms with Crippen LogP contribution in [0.2, 0.25) is 0 Å². The zero-order valence-corrected chi connectivity index (χ0v) is 11.8. The number of nitrogens with zero attached hydrogens (tertiary/aromatic N) is 2. The summed E-state index contributed by atoms with van der Waals surface area (Å²) in [6, 6.07) is 5.25. The summed E-state index contributed by atoms with van der Waals surface area (Å²) >= 11 is 1.40. The second-order valence-corrected chi connectivity index (χ2v) is 6.27. The number of benzene rings is 1. The Morgan fingerprint density at radius 3 is 2.90 bits per heavy atom. The molecule has 2 heterocycles. The first-order chi connectivity index (χ1) is 10.1. The summed E-state index contributed by atoms with van der Waals surface area (Å²) in [7, 11) is 0. The van der Waals surface area contributed by atoms with Gasteiger partial charge in [0.1, 0.15) is 6.04 Å². The van der Waals surface area contributed by atoms with E-state index in [1.165, 1.54) is 11.8 Å². The van der Waals surface area contributed by atoms with Crippen molar-refractivity contribution in [1.82, 2.24) is 14.8 Å². The van der Waals surface area contributed by atoms with Crippen molar-refractivity contribution in [1.29, 1.82) is 0 Å². The van der Waals surface area contributed by atoms with Crippen LogP contribution in [-0.2, 0) is 4.79 Å². The summed E-state index contributed by atoms with van der Waals surface area (Å²) in [5, 5.41) is 9.97. The van der Waals surface area contributed by atoms with Gasteiger partial charge in [-0.3, -0.25) is 9.36 Å². The molecule has 8 heteroatoms. The Morgan fingerprint density at radius 1 is 1.33 bits per heavy atom. The Hall–Kier alpha value is -2.06. The number of amides is 1. The molecule has 4 rings (SSSR count). The van der Waals surface area contributed by atoms with Crippen molar-refractivity contribution >= 4 is 23.4 Å². The summed E-state index contributed by atoms with van der Waals surface area (Å²) in [4.78, 5) is 24.2. The van der Waals surface area contributed by atoms with Crippen LogP contribution in [0.25, 0.3) is 0 Å². The monoisotopic (exact) mass is 303 g/mol. The molecule has 1 aliphatic carbocycles. The van der Waals surface area contributed by atoms with Crippen LogP contribution in [-0.4, -0.2) is 20.7 Å². The molecule has 7 nitrogen and oxygen atoms in total. The van der Waals surface area contributed by atoms with Crippen LogP contribution >= 0.6 is 11.8 Å². The Balaban J connectivity index is 1.66. The van der Waals surface area contributed by atoms with Gasteiger partial charge in [-0.1, -0.05) is 6.07 Å². The highest BCUT2D eigenvalue weighted by Gasteiger charge is 2.30. The molecular weight excluding hydrogens is 290 g/mol. The number of hydrogen-bond acceptors (Lipinski definition) is 5. The predicted molar refractivity (Wildman–Crippen MR) is 77.2 cm³/mol. The van der Waals surface area contributed by atoms with Crippen molar-refractivity contribution < 1.29 is 4.79 Å². The fourth-order valence-corrected chi connectivity index (χ4v) is 3.40. The number of nitrogens with one attached hydrogen (secondary N) is 2. The van der Waals surface area contributed by atoms with E-state index in [9.17, 15) is 9.59 Å². The zero-order chi connectivity index (χ0) is 14.6. The van der Waals surface area contributed by atoms with E-state index < -0.39 is 6.04 Å². The van der Waals surface area contributed by atoms with Gasteiger partial charge in [0.25, 0.3) is 0 Å². The number of anilines is 1. The van der Waals surface area contributed by atoms with E-state index in [1.54, 1.807) is 4.57 Å². The second-order valence-electron chi connectivity index (χ2n) is 5.23. The fraction of sp³-hybridized carbons (Fsp3) is 0.308. The van der Waals surface area contributed by atoms with E-state index in [2.05, 4.69) is 15.5 Å². The molecule has 1 amide bonds. The van der Waals surface area contributed by atoms with Crippen LogP contribution in [0.1, 0.15) is 30.5 Å². The lowest BCUT2D eigenvalue weighted by molar-refractivity contribution is -0.116. The number of aromatic amines is 1. The van der Waals surface area contributed by atoms with Gasteiger partial charge in [-0.05, 0) is 36.7 Å². The first kappa shape index (κ1) is 12.7.